The van der Waals surface area contributed by atoms with Gasteiger partial charge < -0.3 is 19.1 Å². The molecule has 0 radical (unpaired) electrons. The number of esters is 1. The number of hydrogen-bond donors (Lipinski definition) is 0. The molecule has 0 bridgehead atoms. The molecule has 8 heteroatoms. The summed E-state index contributed by atoms with van der Waals surface area (Å²) in [5, 5.41) is 0. The number of nitrogens with zero attached hydrogens (tertiary/aromatic N) is 1. The third-order valence-electron chi connectivity index (χ3n) is 4.91. The number of halogens is 2. The zero-order chi connectivity index (χ0) is 21.5. The SMILES string of the molecule is COc1cc(/C=C/C(=O)OCC(=O)N(C2=CCCCC2)C2CC2)ccc1OC(F)F. The van der Waals surface area contributed by atoms with Crippen molar-refractivity contribution < 1.29 is 32.6 Å². The van der Waals surface area contributed by atoms with Crippen LogP contribution in [-0.2, 0) is 14.3 Å². The third kappa shape index (κ3) is 6.05. The van der Waals surface area contributed by atoms with Crippen LogP contribution in [0.4, 0.5) is 8.78 Å². The average molecular weight is 421 g/mol. The molecular formula is C22H25F2NO5. The number of rotatable bonds is 9. The van der Waals surface area contributed by atoms with E-state index in [1.54, 1.807) is 4.90 Å². The van der Waals surface area contributed by atoms with Gasteiger partial charge >= 0.3 is 12.6 Å². The summed E-state index contributed by atoms with van der Waals surface area (Å²) in [7, 11) is 1.33. The zero-order valence-electron chi connectivity index (χ0n) is 16.8. The van der Waals surface area contributed by atoms with Gasteiger partial charge in [0.2, 0.25) is 0 Å². The Labute approximate surface area is 174 Å². The van der Waals surface area contributed by atoms with Crippen molar-refractivity contribution >= 4 is 18.0 Å². The van der Waals surface area contributed by atoms with Crippen molar-refractivity contribution in [1.82, 2.24) is 4.90 Å². The van der Waals surface area contributed by atoms with Crippen LogP contribution < -0.4 is 9.47 Å². The van der Waals surface area contributed by atoms with Gasteiger partial charge in [-0.25, -0.2) is 4.79 Å². The first-order valence-corrected chi connectivity index (χ1v) is 9.96. The Morgan fingerprint density at radius 3 is 2.67 bits per heavy atom. The van der Waals surface area contributed by atoms with Gasteiger partial charge in [0.25, 0.3) is 5.91 Å². The van der Waals surface area contributed by atoms with Crippen molar-refractivity contribution in [3.63, 3.8) is 0 Å². The molecule has 6 nitrogen and oxygen atoms in total. The summed E-state index contributed by atoms with van der Waals surface area (Å²) in [5.74, 6) is -0.858. The Morgan fingerprint density at radius 2 is 2.03 bits per heavy atom. The molecule has 0 saturated heterocycles. The number of ether oxygens (including phenoxy) is 3. The lowest BCUT2D eigenvalue weighted by Crippen LogP contribution is -2.36. The van der Waals surface area contributed by atoms with E-state index in [9.17, 15) is 18.4 Å². The van der Waals surface area contributed by atoms with Crippen LogP contribution in [0.25, 0.3) is 6.08 Å². The molecule has 0 heterocycles. The lowest BCUT2D eigenvalue weighted by atomic mass is 10.0. The van der Waals surface area contributed by atoms with E-state index in [0.29, 0.717) is 5.56 Å². The zero-order valence-corrected chi connectivity index (χ0v) is 16.8. The third-order valence-corrected chi connectivity index (χ3v) is 4.91. The van der Waals surface area contributed by atoms with Gasteiger partial charge in [0.05, 0.1) is 7.11 Å². The van der Waals surface area contributed by atoms with Crippen LogP contribution in [0.5, 0.6) is 11.5 Å². The van der Waals surface area contributed by atoms with Crippen molar-refractivity contribution in [2.75, 3.05) is 13.7 Å². The Kier molecular flexibility index (Phi) is 7.43. The number of carbonyl (C=O) groups is 2. The topological polar surface area (TPSA) is 65.1 Å². The second kappa shape index (κ2) is 10.2. The van der Waals surface area contributed by atoms with Crippen LogP contribution in [0.2, 0.25) is 0 Å². The molecule has 1 amide bonds. The smallest absolute Gasteiger partial charge is 0.387 e. The predicted octanol–water partition coefficient (Wildman–Crippen LogP) is 4.30. The molecule has 0 spiro atoms. The minimum atomic E-state index is -2.97. The molecule has 1 aromatic carbocycles. The molecular weight excluding hydrogens is 396 g/mol. The molecule has 0 atom stereocenters. The molecule has 3 rings (SSSR count). The number of hydrogen-bond acceptors (Lipinski definition) is 5. The molecule has 162 valence electrons. The van der Waals surface area contributed by atoms with E-state index in [4.69, 9.17) is 9.47 Å². The summed E-state index contributed by atoms with van der Waals surface area (Å²) < 4.78 is 39.3. The molecule has 2 aliphatic carbocycles. The maximum atomic E-state index is 12.6. The van der Waals surface area contributed by atoms with E-state index in [2.05, 4.69) is 10.8 Å². The van der Waals surface area contributed by atoms with Crippen molar-refractivity contribution in [2.45, 2.75) is 51.2 Å². The highest BCUT2D eigenvalue weighted by atomic mass is 19.3. The van der Waals surface area contributed by atoms with Gasteiger partial charge in [-0.1, -0.05) is 12.1 Å². The lowest BCUT2D eigenvalue weighted by molar-refractivity contribution is -0.147. The van der Waals surface area contributed by atoms with Crippen LogP contribution in [0, 0.1) is 0 Å². The molecule has 1 aromatic rings. The van der Waals surface area contributed by atoms with Gasteiger partial charge in [-0.15, -0.1) is 0 Å². The number of alkyl halides is 2. The maximum absolute atomic E-state index is 12.6. The molecule has 0 unspecified atom stereocenters. The summed E-state index contributed by atoms with van der Waals surface area (Å²) >= 11 is 0. The van der Waals surface area contributed by atoms with Gasteiger partial charge in [0, 0.05) is 17.8 Å². The van der Waals surface area contributed by atoms with Crippen LogP contribution in [-0.4, -0.2) is 43.1 Å². The van der Waals surface area contributed by atoms with Crippen molar-refractivity contribution in [1.29, 1.82) is 0 Å². The van der Waals surface area contributed by atoms with Crippen LogP contribution in [0.15, 0.2) is 36.0 Å². The maximum Gasteiger partial charge on any atom is 0.387 e. The molecule has 2 aliphatic rings. The van der Waals surface area contributed by atoms with Gasteiger partial charge in [0.15, 0.2) is 18.1 Å². The molecule has 0 N–H and O–H groups in total. The second-order valence-corrected chi connectivity index (χ2v) is 7.17. The molecule has 1 saturated carbocycles. The summed E-state index contributed by atoms with van der Waals surface area (Å²) in [6.45, 7) is -3.28. The highest BCUT2D eigenvalue weighted by Crippen LogP contribution is 2.34. The highest BCUT2D eigenvalue weighted by molar-refractivity contribution is 5.89. The van der Waals surface area contributed by atoms with Gasteiger partial charge in [-0.3, -0.25) is 4.79 Å². The number of carbonyl (C=O) groups excluding carboxylic acids is 2. The monoisotopic (exact) mass is 421 g/mol. The van der Waals surface area contributed by atoms with E-state index in [-0.39, 0.29) is 30.1 Å². The Hall–Kier alpha value is -2.90. The molecule has 0 aromatic heterocycles. The largest absolute Gasteiger partial charge is 0.493 e. The molecule has 30 heavy (non-hydrogen) atoms. The molecule has 1 fully saturated rings. The highest BCUT2D eigenvalue weighted by Gasteiger charge is 2.35. The van der Waals surface area contributed by atoms with E-state index in [0.717, 1.165) is 44.2 Å². The normalized spacial score (nSPS) is 16.3. The number of benzene rings is 1. The fraction of sp³-hybridized carbons (Fsp3) is 0.455. The number of allylic oxidation sites excluding steroid dienone is 2. The molecule has 0 aliphatic heterocycles. The first kappa shape index (κ1) is 21.8. The predicted molar refractivity (Wildman–Crippen MR) is 106 cm³/mol. The minimum absolute atomic E-state index is 0.102. The fourth-order valence-electron chi connectivity index (χ4n) is 3.37. The van der Waals surface area contributed by atoms with Gasteiger partial charge in [-0.2, -0.15) is 8.78 Å². The van der Waals surface area contributed by atoms with Crippen LogP contribution in [0.1, 0.15) is 44.1 Å². The van der Waals surface area contributed by atoms with Crippen LogP contribution in [0.3, 0.4) is 0 Å². The van der Waals surface area contributed by atoms with E-state index < -0.39 is 12.6 Å². The minimum Gasteiger partial charge on any atom is -0.493 e. The number of methoxy groups -OCH3 is 1. The first-order chi connectivity index (χ1) is 14.5. The standard InChI is InChI=1S/C22H25F2NO5/c1-28-19-13-15(7-11-18(19)30-22(23)24)8-12-21(27)29-14-20(26)25(17-9-10-17)16-5-3-2-4-6-16/h5,7-8,11-13,17,22H,2-4,6,9-10,14H2,1H3/b12-8+. The first-order valence-electron chi connectivity index (χ1n) is 9.96. The van der Waals surface area contributed by atoms with Crippen LogP contribution >= 0.6 is 0 Å². The summed E-state index contributed by atoms with van der Waals surface area (Å²) in [4.78, 5) is 26.4. The second-order valence-electron chi connectivity index (χ2n) is 7.17. The summed E-state index contributed by atoms with van der Waals surface area (Å²) in [6, 6.07) is 4.50. The van der Waals surface area contributed by atoms with Gasteiger partial charge in [0.1, 0.15) is 0 Å². The lowest BCUT2D eigenvalue weighted by Gasteiger charge is -2.27. The van der Waals surface area contributed by atoms with E-state index in [1.807, 2.05) is 0 Å². The Balaban J connectivity index is 1.55. The Morgan fingerprint density at radius 1 is 1.23 bits per heavy atom. The number of amides is 1. The quantitative estimate of drug-likeness (QED) is 0.439. The van der Waals surface area contributed by atoms with Crippen molar-refractivity contribution in [2.24, 2.45) is 0 Å². The average Bonchev–Trinajstić information content (AvgIpc) is 3.57. The van der Waals surface area contributed by atoms with E-state index in [1.165, 1.54) is 37.5 Å². The summed E-state index contributed by atoms with van der Waals surface area (Å²) in [6.07, 6.45) is 10.7. The van der Waals surface area contributed by atoms with Crippen molar-refractivity contribution in [3.05, 3.63) is 41.6 Å². The Bertz CT molecular complexity index is 833. The van der Waals surface area contributed by atoms with Gasteiger partial charge in [-0.05, 0) is 62.3 Å². The summed E-state index contributed by atoms with van der Waals surface area (Å²) in [5.41, 5.74) is 1.57. The fourth-order valence-corrected chi connectivity index (χ4v) is 3.37. The van der Waals surface area contributed by atoms with Crippen molar-refractivity contribution in [3.8, 4) is 11.5 Å². The van der Waals surface area contributed by atoms with E-state index >= 15 is 0 Å².